The van der Waals surface area contributed by atoms with Crippen LogP contribution in [0.3, 0.4) is 0 Å². The molecule has 0 aliphatic carbocycles. The van der Waals surface area contributed by atoms with Crippen molar-refractivity contribution < 1.29 is 18.3 Å². The summed E-state index contributed by atoms with van der Waals surface area (Å²) in [5.41, 5.74) is -0.193. The number of hydrogen-bond donors (Lipinski definition) is 1. The second-order valence-electron chi connectivity index (χ2n) is 4.09. The van der Waals surface area contributed by atoms with Gasteiger partial charge in [0.15, 0.2) is 9.84 Å². The molecular formula is C12H15ClO4S. The fraction of sp³-hybridized carbons (Fsp3) is 0.417. The summed E-state index contributed by atoms with van der Waals surface area (Å²) in [4.78, 5) is 10.9. The normalized spacial score (nSPS) is 13.3. The summed E-state index contributed by atoms with van der Waals surface area (Å²) in [6.45, 7) is 3.52. The first-order valence-electron chi connectivity index (χ1n) is 5.57. The van der Waals surface area contributed by atoms with E-state index >= 15 is 0 Å². The van der Waals surface area contributed by atoms with Crippen molar-refractivity contribution in [1.29, 1.82) is 0 Å². The van der Waals surface area contributed by atoms with Crippen LogP contribution in [-0.2, 0) is 9.84 Å². The molecular weight excluding hydrogens is 276 g/mol. The first-order valence-corrected chi connectivity index (χ1v) is 7.49. The standard InChI is InChI=1S/C12H15ClO4S/c1-3-4-8(2)18(16,17)9-5-6-11(13)10(7-9)12(14)15/h5-8H,3-4H2,1-2H3,(H,14,15). The average molecular weight is 291 g/mol. The van der Waals surface area contributed by atoms with E-state index in [2.05, 4.69) is 0 Å². The van der Waals surface area contributed by atoms with Gasteiger partial charge in [0.2, 0.25) is 0 Å². The molecule has 0 heterocycles. The second-order valence-corrected chi connectivity index (χ2v) is 6.86. The summed E-state index contributed by atoms with van der Waals surface area (Å²) in [5, 5.41) is 8.41. The topological polar surface area (TPSA) is 71.4 Å². The summed E-state index contributed by atoms with van der Waals surface area (Å²) < 4.78 is 24.3. The number of aromatic carboxylic acids is 1. The Kier molecular flexibility index (Phi) is 4.76. The maximum atomic E-state index is 12.2. The van der Waals surface area contributed by atoms with Crippen LogP contribution in [0.1, 0.15) is 37.0 Å². The first kappa shape index (κ1) is 15.0. The maximum Gasteiger partial charge on any atom is 0.337 e. The fourth-order valence-corrected chi connectivity index (χ4v) is 3.39. The molecule has 1 rings (SSSR count). The minimum atomic E-state index is -3.50. The Bertz CT molecular complexity index is 551. The third-order valence-corrected chi connectivity index (χ3v) is 5.26. The highest BCUT2D eigenvalue weighted by Gasteiger charge is 2.24. The van der Waals surface area contributed by atoms with E-state index in [4.69, 9.17) is 16.7 Å². The molecule has 18 heavy (non-hydrogen) atoms. The van der Waals surface area contributed by atoms with E-state index in [0.717, 1.165) is 12.5 Å². The smallest absolute Gasteiger partial charge is 0.337 e. The third-order valence-electron chi connectivity index (χ3n) is 2.72. The van der Waals surface area contributed by atoms with Crippen molar-refractivity contribution in [2.24, 2.45) is 0 Å². The molecule has 1 aromatic rings. The van der Waals surface area contributed by atoms with Crippen molar-refractivity contribution in [3.8, 4) is 0 Å². The Balaban J connectivity index is 3.26. The predicted molar refractivity (Wildman–Crippen MR) is 70.0 cm³/mol. The quantitative estimate of drug-likeness (QED) is 0.905. The number of carboxylic acids is 1. The fourth-order valence-electron chi connectivity index (χ4n) is 1.64. The highest BCUT2D eigenvalue weighted by molar-refractivity contribution is 7.92. The lowest BCUT2D eigenvalue weighted by atomic mass is 10.2. The van der Waals surface area contributed by atoms with Crippen molar-refractivity contribution >= 4 is 27.4 Å². The number of hydrogen-bond acceptors (Lipinski definition) is 3. The van der Waals surface area contributed by atoms with E-state index in [1.807, 2.05) is 6.92 Å². The second kappa shape index (κ2) is 5.71. The van der Waals surface area contributed by atoms with Gasteiger partial charge < -0.3 is 5.11 Å². The summed E-state index contributed by atoms with van der Waals surface area (Å²) in [6.07, 6.45) is 1.28. The molecule has 0 amide bonds. The average Bonchev–Trinajstić information content (AvgIpc) is 2.29. The third kappa shape index (κ3) is 3.03. The van der Waals surface area contributed by atoms with Gasteiger partial charge in [0.1, 0.15) is 0 Å². The predicted octanol–water partition coefficient (Wildman–Crippen LogP) is 3.00. The van der Waals surface area contributed by atoms with Crippen molar-refractivity contribution in [1.82, 2.24) is 0 Å². The molecule has 0 aliphatic rings. The number of sulfone groups is 1. The zero-order valence-corrected chi connectivity index (χ0v) is 11.8. The molecule has 0 radical (unpaired) electrons. The molecule has 1 unspecified atom stereocenters. The van der Waals surface area contributed by atoms with Crippen LogP contribution in [0.4, 0.5) is 0 Å². The van der Waals surface area contributed by atoms with Gasteiger partial charge in [-0.3, -0.25) is 0 Å². The Morgan fingerprint density at radius 2 is 2.06 bits per heavy atom. The molecule has 0 aliphatic heterocycles. The van der Waals surface area contributed by atoms with Crippen molar-refractivity contribution in [2.75, 3.05) is 0 Å². The lowest BCUT2D eigenvalue weighted by molar-refractivity contribution is 0.0697. The van der Waals surface area contributed by atoms with Crippen LogP contribution in [0.5, 0.6) is 0 Å². The van der Waals surface area contributed by atoms with Crippen LogP contribution in [0.25, 0.3) is 0 Å². The van der Waals surface area contributed by atoms with Crippen molar-refractivity contribution in [2.45, 2.75) is 36.8 Å². The molecule has 0 saturated heterocycles. The molecule has 0 fully saturated rings. The van der Waals surface area contributed by atoms with Gasteiger partial charge in [-0.2, -0.15) is 0 Å². The van der Waals surface area contributed by atoms with Gasteiger partial charge in [-0.15, -0.1) is 0 Å². The van der Waals surface area contributed by atoms with Crippen molar-refractivity contribution in [3.05, 3.63) is 28.8 Å². The molecule has 0 bridgehead atoms. The van der Waals surface area contributed by atoms with E-state index in [1.54, 1.807) is 6.92 Å². The number of benzene rings is 1. The Hall–Kier alpha value is -1.07. The minimum Gasteiger partial charge on any atom is -0.478 e. The van der Waals surface area contributed by atoms with Gasteiger partial charge >= 0.3 is 5.97 Å². The van der Waals surface area contributed by atoms with Crippen LogP contribution >= 0.6 is 11.6 Å². The van der Waals surface area contributed by atoms with Gasteiger partial charge in [0, 0.05) is 0 Å². The van der Waals surface area contributed by atoms with Gasteiger partial charge in [-0.25, -0.2) is 13.2 Å². The molecule has 4 nitrogen and oxygen atoms in total. The van der Waals surface area contributed by atoms with E-state index in [9.17, 15) is 13.2 Å². The minimum absolute atomic E-state index is 0.00486. The van der Waals surface area contributed by atoms with Gasteiger partial charge in [0.25, 0.3) is 0 Å². The Morgan fingerprint density at radius 3 is 2.56 bits per heavy atom. The van der Waals surface area contributed by atoms with E-state index < -0.39 is 21.1 Å². The Labute approximate surface area is 112 Å². The van der Waals surface area contributed by atoms with Crippen molar-refractivity contribution in [3.63, 3.8) is 0 Å². The number of carboxylic acid groups (broad SMARTS) is 1. The summed E-state index contributed by atoms with van der Waals surface area (Å²) in [7, 11) is -3.50. The number of carbonyl (C=O) groups is 1. The molecule has 1 atom stereocenters. The van der Waals surface area contributed by atoms with Crippen LogP contribution < -0.4 is 0 Å². The largest absolute Gasteiger partial charge is 0.478 e. The van der Waals surface area contributed by atoms with Gasteiger partial charge in [0.05, 0.1) is 20.7 Å². The van der Waals surface area contributed by atoms with Crippen LogP contribution in [0.15, 0.2) is 23.1 Å². The summed E-state index contributed by atoms with van der Waals surface area (Å²) in [6, 6.07) is 3.76. The molecule has 100 valence electrons. The number of halogens is 1. The van der Waals surface area contributed by atoms with Gasteiger partial charge in [-0.1, -0.05) is 24.9 Å². The molecule has 0 spiro atoms. The highest BCUT2D eigenvalue weighted by atomic mass is 35.5. The monoisotopic (exact) mass is 290 g/mol. The van der Waals surface area contributed by atoms with Crippen LogP contribution in [0.2, 0.25) is 5.02 Å². The number of rotatable bonds is 5. The maximum absolute atomic E-state index is 12.2. The summed E-state index contributed by atoms with van der Waals surface area (Å²) >= 11 is 5.71. The molecule has 1 aromatic carbocycles. The lowest BCUT2D eigenvalue weighted by Gasteiger charge is -2.12. The summed E-state index contributed by atoms with van der Waals surface area (Å²) in [5.74, 6) is -1.24. The van der Waals surface area contributed by atoms with Gasteiger partial charge in [-0.05, 0) is 31.5 Å². The molecule has 6 heteroatoms. The zero-order valence-electron chi connectivity index (χ0n) is 10.2. The lowest BCUT2D eigenvalue weighted by Crippen LogP contribution is -2.18. The van der Waals surface area contributed by atoms with Crippen LogP contribution in [-0.4, -0.2) is 24.7 Å². The molecule has 1 N–H and O–H groups in total. The van der Waals surface area contributed by atoms with Crippen LogP contribution in [0, 0.1) is 0 Å². The van der Waals surface area contributed by atoms with E-state index in [0.29, 0.717) is 6.42 Å². The van der Waals surface area contributed by atoms with E-state index in [1.165, 1.54) is 12.1 Å². The zero-order chi connectivity index (χ0) is 13.9. The molecule has 0 aromatic heterocycles. The Morgan fingerprint density at radius 1 is 1.44 bits per heavy atom. The van der Waals surface area contributed by atoms with E-state index in [-0.39, 0.29) is 15.5 Å². The SMILES string of the molecule is CCCC(C)S(=O)(=O)c1ccc(Cl)c(C(=O)O)c1. The molecule has 0 saturated carbocycles. The highest BCUT2D eigenvalue weighted by Crippen LogP contribution is 2.24. The first-order chi connectivity index (χ1) is 8.30.